The van der Waals surface area contributed by atoms with E-state index in [2.05, 4.69) is 30.1 Å². The lowest BCUT2D eigenvalue weighted by molar-refractivity contribution is 0.188. The van der Waals surface area contributed by atoms with E-state index < -0.39 is 5.82 Å². The maximum atomic E-state index is 15.2. The van der Waals surface area contributed by atoms with Gasteiger partial charge in [0, 0.05) is 44.4 Å². The number of nitrogens with one attached hydrogen (secondary N) is 1. The number of aromatic nitrogens is 2. The van der Waals surface area contributed by atoms with Gasteiger partial charge >= 0.3 is 6.01 Å². The number of ether oxygens (including phenoxy) is 1. The number of allylic oxidation sites excluding steroid dienone is 2. The summed E-state index contributed by atoms with van der Waals surface area (Å²) in [7, 11) is 0. The Labute approximate surface area is 210 Å². The summed E-state index contributed by atoms with van der Waals surface area (Å²) >= 11 is 0. The average molecular weight is 491 g/mol. The molecule has 3 heterocycles. The Kier molecular flexibility index (Phi) is 7.11. The molecule has 0 spiro atoms. The molecule has 1 saturated heterocycles. The van der Waals surface area contributed by atoms with Crippen molar-refractivity contribution in [1.82, 2.24) is 14.9 Å². The van der Waals surface area contributed by atoms with Gasteiger partial charge < -0.3 is 20.1 Å². The Morgan fingerprint density at radius 3 is 2.78 bits per heavy atom. The minimum atomic E-state index is -0.399. The van der Waals surface area contributed by atoms with Crippen LogP contribution in [0.15, 0.2) is 52.6 Å². The third-order valence-electron chi connectivity index (χ3n) is 6.49. The Morgan fingerprint density at radius 1 is 1.17 bits per heavy atom. The largest absolute Gasteiger partial charge is 0.421 e. The molecule has 1 fully saturated rings. The van der Waals surface area contributed by atoms with Gasteiger partial charge in [0.2, 0.25) is 0 Å². The number of anilines is 2. The highest BCUT2D eigenvalue weighted by Crippen LogP contribution is 2.34. The number of aliphatic imine (C=N–C) groups is 1. The molecule has 2 aromatic rings. The third-order valence-corrected chi connectivity index (χ3v) is 6.49. The zero-order valence-corrected chi connectivity index (χ0v) is 20.7. The highest BCUT2D eigenvalue weighted by atomic mass is 19.1. The molecule has 36 heavy (non-hydrogen) atoms. The van der Waals surface area contributed by atoms with Crippen molar-refractivity contribution in [3.05, 3.63) is 64.5 Å². The molecule has 2 aliphatic heterocycles. The topological polar surface area (TPSA) is 86.1 Å². The van der Waals surface area contributed by atoms with Gasteiger partial charge in [0.1, 0.15) is 17.5 Å². The van der Waals surface area contributed by atoms with Gasteiger partial charge in [-0.15, -0.1) is 0 Å². The van der Waals surface area contributed by atoms with Crippen LogP contribution in [0.25, 0.3) is 6.08 Å². The first kappa shape index (κ1) is 24.1. The van der Waals surface area contributed by atoms with Gasteiger partial charge in [-0.2, -0.15) is 9.97 Å². The standard InChI is InChI=1S/C27H31FN6O2/c1-3-4-19-15-23(29-17-19)30-24-16-25(34-9-7-33(8-10-34)11-12-35)32-27(31-24)36-22-6-5-20-13-18(2)14-21(20)26(22)28/h3-6,14-16,35H,7-13,17H2,1-2H3,(H,29,30,31,32)/b4-3+. The van der Waals surface area contributed by atoms with E-state index in [1.807, 2.05) is 50.3 Å². The maximum absolute atomic E-state index is 15.2. The average Bonchev–Trinajstić information content (AvgIpc) is 3.47. The van der Waals surface area contributed by atoms with E-state index in [1.165, 1.54) is 0 Å². The van der Waals surface area contributed by atoms with Gasteiger partial charge in [0.15, 0.2) is 11.6 Å². The lowest BCUT2D eigenvalue weighted by Crippen LogP contribution is -2.47. The van der Waals surface area contributed by atoms with Crippen LogP contribution in [0.2, 0.25) is 0 Å². The predicted octanol–water partition coefficient (Wildman–Crippen LogP) is 3.81. The Bertz CT molecular complexity index is 1260. The number of nitrogens with zero attached hydrogens (tertiary/aromatic N) is 5. The molecule has 1 aromatic carbocycles. The van der Waals surface area contributed by atoms with E-state index in [4.69, 9.17) is 4.74 Å². The minimum Gasteiger partial charge on any atom is -0.421 e. The van der Waals surface area contributed by atoms with Crippen molar-refractivity contribution in [2.75, 3.05) is 56.1 Å². The number of hydrogen-bond donors (Lipinski definition) is 2. The Hall–Kier alpha value is -3.56. The number of fused-ring (bicyclic) bond motifs is 1. The van der Waals surface area contributed by atoms with E-state index >= 15 is 4.39 Å². The second-order valence-corrected chi connectivity index (χ2v) is 9.21. The summed E-state index contributed by atoms with van der Waals surface area (Å²) in [4.78, 5) is 18.0. The molecule has 9 heteroatoms. The molecule has 0 radical (unpaired) electrons. The van der Waals surface area contributed by atoms with Crippen LogP contribution in [0.1, 0.15) is 25.0 Å². The lowest BCUT2D eigenvalue weighted by Gasteiger charge is -2.35. The van der Waals surface area contributed by atoms with Crippen LogP contribution in [0.3, 0.4) is 0 Å². The van der Waals surface area contributed by atoms with Crippen molar-refractivity contribution >= 4 is 23.5 Å². The Balaban J connectivity index is 1.42. The van der Waals surface area contributed by atoms with E-state index in [0.717, 1.165) is 49.3 Å². The molecule has 0 atom stereocenters. The number of benzene rings is 1. The molecular formula is C27H31FN6O2. The van der Waals surface area contributed by atoms with Crippen molar-refractivity contribution in [2.45, 2.75) is 20.3 Å². The highest BCUT2D eigenvalue weighted by Gasteiger charge is 2.22. The number of piperazine rings is 1. The first-order valence-corrected chi connectivity index (χ1v) is 12.3. The molecule has 0 amide bonds. The van der Waals surface area contributed by atoms with Crippen LogP contribution in [-0.4, -0.2) is 71.7 Å². The number of rotatable bonds is 7. The van der Waals surface area contributed by atoms with E-state index in [1.54, 1.807) is 6.07 Å². The first-order valence-electron chi connectivity index (χ1n) is 12.3. The first-order chi connectivity index (χ1) is 17.5. The number of β-amino-alcohol motifs (C(OH)–C–C–N with tert-alkyl or cyclic N) is 1. The summed E-state index contributed by atoms with van der Waals surface area (Å²) in [6, 6.07) is 5.47. The van der Waals surface area contributed by atoms with Gasteiger partial charge in [-0.3, -0.25) is 9.89 Å². The van der Waals surface area contributed by atoms with E-state index in [-0.39, 0.29) is 18.4 Å². The quantitative estimate of drug-likeness (QED) is 0.611. The SMILES string of the molecule is C/C=C/C1=CC(Nc2cc(N3CCN(CCO)CC3)nc(Oc3ccc4c(c3F)C=C(C)C4)n2)=NC1. The zero-order chi connectivity index (χ0) is 25.1. The van der Waals surface area contributed by atoms with Crippen LogP contribution < -0.4 is 15.0 Å². The van der Waals surface area contributed by atoms with Crippen molar-refractivity contribution in [2.24, 2.45) is 4.99 Å². The fourth-order valence-corrected chi connectivity index (χ4v) is 4.69. The Morgan fingerprint density at radius 2 is 2.00 bits per heavy atom. The fraction of sp³-hybridized carbons (Fsp3) is 0.370. The van der Waals surface area contributed by atoms with Gasteiger partial charge in [-0.1, -0.05) is 29.9 Å². The summed E-state index contributed by atoms with van der Waals surface area (Å²) in [5.74, 6) is 1.63. The second-order valence-electron chi connectivity index (χ2n) is 9.21. The minimum absolute atomic E-state index is 0.0709. The third kappa shape index (κ3) is 5.32. The monoisotopic (exact) mass is 490 g/mol. The van der Waals surface area contributed by atoms with Gasteiger partial charge in [-0.05, 0) is 43.5 Å². The number of halogens is 1. The number of amidine groups is 1. The molecule has 0 saturated carbocycles. The molecule has 3 aliphatic rings. The number of hydrogen-bond acceptors (Lipinski definition) is 8. The molecule has 0 unspecified atom stereocenters. The summed E-state index contributed by atoms with van der Waals surface area (Å²) < 4.78 is 21.2. The summed E-state index contributed by atoms with van der Waals surface area (Å²) in [5.41, 5.74) is 3.75. The predicted molar refractivity (Wildman–Crippen MR) is 140 cm³/mol. The van der Waals surface area contributed by atoms with Crippen LogP contribution in [-0.2, 0) is 6.42 Å². The van der Waals surface area contributed by atoms with E-state index in [0.29, 0.717) is 36.1 Å². The molecule has 188 valence electrons. The number of aliphatic hydroxyl groups excluding tert-OH is 1. The van der Waals surface area contributed by atoms with Gasteiger partial charge in [-0.25, -0.2) is 4.39 Å². The maximum Gasteiger partial charge on any atom is 0.326 e. The zero-order valence-electron chi connectivity index (χ0n) is 20.7. The summed E-state index contributed by atoms with van der Waals surface area (Å²) in [6.07, 6.45) is 8.60. The molecule has 5 rings (SSSR count). The van der Waals surface area contributed by atoms with Crippen LogP contribution in [0.5, 0.6) is 11.8 Å². The summed E-state index contributed by atoms with van der Waals surface area (Å²) in [6.45, 7) is 8.51. The molecule has 1 aliphatic carbocycles. The second kappa shape index (κ2) is 10.6. The van der Waals surface area contributed by atoms with Crippen LogP contribution in [0, 0.1) is 5.82 Å². The molecule has 8 nitrogen and oxygen atoms in total. The fourth-order valence-electron chi connectivity index (χ4n) is 4.69. The van der Waals surface area contributed by atoms with Gasteiger partial charge in [0.05, 0.1) is 13.2 Å². The van der Waals surface area contributed by atoms with Crippen molar-refractivity contribution in [1.29, 1.82) is 0 Å². The van der Waals surface area contributed by atoms with Crippen LogP contribution in [0.4, 0.5) is 16.0 Å². The molecule has 2 N–H and O–H groups in total. The smallest absolute Gasteiger partial charge is 0.326 e. The molecule has 1 aromatic heterocycles. The van der Waals surface area contributed by atoms with Crippen molar-refractivity contribution < 1.29 is 14.2 Å². The van der Waals surface area contributed by atoms with Crippen LogP contribution >= 0.6 is 0 Å². The van der Waals surface area contributed by atoms with Crippen molar-refractivity contribution in [3.8, 4) is 11.8 Å². The summed E-state index contributed by atoms with van der Waals surface area (Å²) in [5, 5.41) is 12.5. The lowest BCUT2D eigenvalue weighted by atomic mass is 10.1. The van der Waals surface area contributed by atoms with Gasteiger partial charge in [0.25, 0.3) is 0 Å². The molecule has 0 bridgehead atoms. The number of aliphatic hydroxyl groups is 1. The van der Waals surface area contributed by atoms with E-state index in [9.17, 15) is 5.11 Å². The normalized spacial score (nSPS) is 17.8. The highest BCUT2D eigenvalue weighted by molar-refractivity contribution is 6.05. The molecular weight excluding hydrogens is 459 g/mol. The van der Waals surface area contributed by atoms with Crippen molar-refractivity contribution in [3.63, 3.8) is 0 Å².